The van der Waals surface area contributed by atoms with Crippen molar-refractivity contribution in [1.82, 2.24) is 9.55 Å². The topological polar surface area (TPSA) is 34.9 Å². The minimum absolute atomic E-state index is 0.418. The lowest BCUT2D eigenvalue weighted by atomic mass is 10.1. The van der Waals surface area contributed by atoms with Crippen molar-refractivity contribution in [2.45, 2.75) is 19.8 Å². The van der Waals surface area contributed by atoms with Crippen molar-refractivity contribution in [3.05, 3.63) is 17.7 Å². The number of hydrogen-bond donors (Lipinski definition) is 0. The lowest BCUT2D eigenvalue weighted by Crippen LogP contribution is -2.01. The molecule has 0 fully saturated rings. The molecular weight excluding hydrogens is 140 g/mol. The fourth-order valence-corrected chi connectivity index (χ4v) is 1.08. The third-order valence-electron chi connectivity index (χ3n) is 1.76. The van der Waals surface area contributed by atoms with Crippen LogP contribution in [0.4, 0.5) is 0 Å². The van der Waals surface area contributed by atoms with E-state index in [9.17, 15) is 4.79 Å². The maximum Gasteiger partial charge on any atom is 0.185 e. The Balaban J connectivity index is 3.10. The van der Waals surface area contributed by atoms with Crippen molar-refractivity contribution >= 4 is 6.29 Å². The van der Waals surface area contributed by atoms with E-state index >= 15 is 0 Å². The first-order valence-electron chi connectivity index (χ1n) is 3.63. The summed E-state index contributed by atoms with van der Waals surface area (Å²) in [5.74, 6) is 0.912. The molecule has 1 aromatic rings. The first-order chi connectivity index (χ1) is 5.16. The zero-order valence-electron chi connectivity index (χ0n) is 7.03. The quantitative estimate of drug-likeness (QED) is 0.600. The van der Waals surface area contributed by atoms with Crippen LogP contribution in [0.2, 0.25) is 0 Å². The first-order valence-corrected chi connectivity index (χ1v) is 3.63. The Labute approximate surface area is 66.1 Å². The second-order valence-corrected chi connectivity index (χ2v) is 2.87. The van der Waals surface area contributed by atoms with E-state index in [0.717, 1.165) is 12.0 Å². The van der Waals surface area contributed by atoms with Crippen LogP contribution >= 0.6 is 0 Å². The number of carbonyl (C=O) groups excluding carboxylic acids is 1. The lowest BCUT2D eigenvalue weighted by Gasteiger charge is -2.04. The molecule has 3 heteroatoms. The minimum atomic E-state index is 0.418. The standard InChI is InChI=1S/C8H12N2O/c1-6(2)7-4-9-8(5-11)10(7)3/h4-6H,1-3H3. The molecule has 0 aromatic carbocycles. The van der Waals surface area contributed by atoms with Gasteiger partial charge in [-0.3, -0.25) is 4.79 Å². The van der Waals surface area contributed by atoms with Crippen LogP contribution in [-0.4, -0.2) is 15.8 Å². The third-order valence-corrected chi connectivity index (χ3v) is 1.76. The van der Waals surface area contributed by atoms with Crippen molar-refractivity contribution in [1.29, 1.82) is 0 Å². The molecule has 0 saturated heterocycles. The van der Waals surface area contributed by atoms with E-state index in [1.54, 1.807) is 6.20 Å². The molecule has 0 radical (unpaired) electrons. The summed E-state index contributed by atoms with van der Waals surface area (Å²) in [4.78, 5) is 14.3. The number of nitrogens with zero attached hydrogens (tertiary/aromatic N) is 2. The summed E-state index contributed by atoms with van der Waals surface area (Å²) in [5, 5.41) is 0. The van der Waals surface area contributed by atoms with Crippen molar-refractivity contribution in [2.24, 2.45) is 7.05 Å². The molecule has 60 valence electrons. The Morgan fingerprint density at radius 2 is 2.27 bits per heavy atom. The summed E-state index contributed by atoms with van der Waals surface area (Å²) in [7, 11) is 1.85. The number of aldehydes is 1. The Morgan fingerprint density at radius 3 is 2.55 bits per heavy atom. The highest BCUT2D eigenvalue weighted by atomic mass is 16.1. The van der Waals surface area contributed by atoms with E-state index in [0.29, 0.717) is 11.7 Å². The van der Waals surface area contributed by atoms with Gasteiger partial charge in [-0.2, -0.15) is 0 Å². The van der Waals surface area contributed by atoms with Crippen LogP contribution in [0.3, 0.4) is 0 Å². The molecule has 1 aromatic heterocycles. The zero-order chi connectivity index (χ0) is 8.43. The van der Waals surface area contributed by atoms with Crippen molar-refractivity contribution in [2.75, 3.05) is 0 Å². The predicted octanol–water partition coefficient (Wildman–Crippen LogP) is 1.36. The molecular formula is C8H12N2O. The van der Waals surface area contributed by atoms with E-state index in [1.807, 2.05) is 11.6 Å². The fourth-order valence-electron chi connectivity index (χ4n) is 1.08. The predicted molar refractivity (Wildman–Crippen MR) is 42.7 cm³/mol. The average molecular weight is 152 g/mol. The molecule has 0 aliphatic carbocycles. The van der Waals surface area contributed by atoms with Crippen molar-refractivity contribution in [3.63, 3.8) is 0 Å². The van der Waals surface area contributed by atoms with Crippen LogP contribution in [-0.2, 0) is 7.05 Å². The van der Waals surface area contributed by atoms with Crippen molar-refractivity contribution in [3.8, 4) is 0 Å². The highest BCUT2D eigenvalue weighted by molar-refractivity contribution is 5.69. The summed E-state index contributed by atoms with van der Waals surface area (Å²) >= 11 is 0. The maximum absolute atomic E-state index is 10.4. The molecule has 1 heterocycles. The van der Waals surface area contributed by atoms with Gasteiger partial charge in [0, 0.05) is 18.9 Å². The van der Waals surface area contributed by atoms with E-state index < -0.39 is 0 Å². The van der Waals surface area contributed by atoms with E-state index in [-0.39, 0.29) is 0 Å². The molecule has 3 nitrogen and oxygen atoms in total. The van der Waals surface area contributed by atoms with Gasteiger partial charge >= 0.3 is 0 Å². The average Bonchev–Trinajstić information content (AvgIpc) is 2.30. The molecule has 0 aliphatic rings. The van der Waals surface area contributed by atoms with Crippen LogP contribution in [0.1, 0.15) is 36.1 Å². The van der Waals surface area contributed by atoms with E-state index in [4.69, 9.17) is 0 Å². The largest absolute Gasteiger partial charge is 0.329 e. The Morgan fingerprint density at radius 1 is 1.64 bits per heavy atom. The minimum Gasteiger partial charge on any atom is -0.329 e. The smallest absolute Gasteiger partial charge is 0.185 e. The first kappa shape index (κ1) is 7.98. The maximum atomic E-state index is 10.4. The van der Waals surface area contributed by atoms with Gasteiger partial charge in [0.15, 0.2) is 12.1 Å². The highest BCUT2D eigenvalue weighted by Gasteiger charge is 2.07. The summed E-state index contributed by atoms with van der Waals surface area (Å²) in [6.45, 7) is 4.15. The number of hydrogen-bond acceptors (Lipinski definition) is 2. The molecule has 0 spiro atoms. The number of aromatic nitrogens is 2. The van der Waals surface area contributed by atoms with Gasteiger partial charge in [-0.05, 0) is 5.92 Å². The molecule has 0 unspecified atom stereocenters. The van der Waals surface area contributed by atoms with Crippen LogP contribution in [0.25, 0.3) is 0 Å². The number of rotatable bonds is 2. The van der Waals surface area contributed by atoms with Gasteiger partial charge in [0.25, 0.3) is 0 Å². The summed E-state index contributed by atoms with van der Waals surface area (Å²) in [5.41, 5.74) is 1.09. The van der Waals surface area contributed by atoms with Crippen LogP contribution < -0.4 is 0 Å². The van der Waals surface area contributed by atoms with Crippen LogP contribution in [0.5, 0.6) is 0 Å². The summed E-state index contributed by atoms with van der Waals surface area (Å²) in [6, 6.07) is 0. The van der Waals surface area contributed by atoms with Gasteiger partial charge in [0.05, 0.1) is 0 Å². The lowest BCUT2D eigenvalue weighted by molar-refractivity contribution is 0.111. The second-order valence-electron chi connectivity index (χ2n) is 2.87. The molecule has 0 bridgehead atoms. The van der Waals surface area contributed by atoms with Gasteiger partial charge in [-0.15, -0.1) is 0 Å². The van der Waals surface area contributed by atoms with Crippen LogP contribution in [0.15, 0.2) is 6.20 Å². The normalized spacial score (nSPS) is 10.5. The molecule has 1 rings (SSSR count). The van der Waals surface area contributed by atoms with E-state index in [1.165, 1.54) is 0 Å². The summed E-state index contributed by atoms with van der Waals surface area (Å²) < 4.78 is 1.82. The van der Waals surface area contributed by atoms with Gasteiger partial charge in [0.1, 0.15) is 0 Å². The van der Waals surface area contributed by atoms with Gasteiger partial charge < -0.3 is 4.57 Å². The Kier molecular flexibility index (Phi) is 2.08. The molecule has 11 heavy (non-hydrogen) atoms. The SMILES string of the molecule is CC(C)c1cnc(C=O)n1C. The molecule has 0 N–H and O–H groups in total. The number of carbonyl (C=O) groups is 1. The number of imidazole rings is 1. The molecule has 0 atom stereocenters. The Hall–Kier alpha value is -1.12. The molecule has 0 saturated carbocycles. The van der Waals surface area contributed by atoms with Gasteiger partial charge in [0.2, 0.25) is 0 Å². The monoisotopic (exact) mass is 152 g/mol. The van der Waals surface area contributed by atoms with E-state index in [2.05, 4.69) is 18.8 Å². The molecule has 0 aliphatic heterocycles. The zero-order valence-corrected chi connectivity index (χ0v) is 7.03. The third kappa shape index (κ3) is 1.31. The molecule has 0 amide bonds. The highest BCUT2D eigenvalue weighted by Crippen LogP contribution is 2.13. The summed E-state index contributed by atoms with van der Waals surface area (Å²) in [6.07, 6.45) is 2.51. The van der Waals surface area contributed by atoms with Crippen LogP contribution in [0, 0.1) is 0 Å². The van der Waals surface area contributed by atoms with Crippen molar-refractivity contribution < 1.29 is 4.79 Å². The van der Waals surface area contributed by atoms with Gasteiger partial charge in [-0.1, -0.05) is 13.8 Å². The second kappa shape index (κ2) is 2.86. The fraction of sp³-hybridized carbons (Fsp3) is 0.500. The van der Waals surface area contributed by atoms with Gasteiger partial charge in [-0.25, -0.2) is 4.98 Å². The Bertz CT molecular complexity index is 263.